The molecule has 4 rings (SSSR count). The summed E-state index contributed by atoms with van der Waals surface area (Å²) in [7, 11) is 0. The third kappa shape index (κ3) is 3.67. The van der Waals surface area contributed by atoms with Crippen molar-refractivity contribution in [3.8, 4) is 5.69 Å². The predicted octanol–water partition coefficient (Wildman–Crippen LogP) is 2.50. The number of para-hydroxylation sites is 1. The molecule has 0 N–H and O–H groups in total. The number of hydrogen-bond acceptors (Lipinski definition) is 4. The zero-order valence-corrected chi connectivity index (χ0v) is 15.8. The largest absolute Gasteiger partial charge is 0.368 e. The van der Waals surface area contributed by atoms with Crippen LogP contribution in [-0.4, -0.2) is 46.8 Å². The predicted molar refractivity (Wildman–Crippen MR) is 109 cm³/mol. The van der Waals surface area contributed by atoms with Crippen LogP contribution in [0.15, 0.2) is 71.5 Å². The molecular formula is C22H22N4O2. The second-order valence-corrected chi connectivity index (χ2v) is 6.92. The first-order valence-corrected chi connectivity index (χ1v) is 9.38. The Labute approximate surface area is 163 Å². The monoisotopic (exact) mass is 374 g/mol. The van der Waals surface area contributed by atoms with Gasteiger partial charge in [-0.3, -0.25) is 9.59 Å². The first-order valence-electron chi connectivity index (χ1n) is 9.38. The van der Waals surface area contributed by atoms with E-state index < -0.39 is 0 Å². The number of aromatic nitrogens is 2. The maximum atomic E-state index is 12.9. The van der Waals surface area contributed by atoms with Crippen LogP contribution in [0.2, 0.25) is 0 Å². The highest BCUT2D eigenvalue weighted by Crippen LogP contribution is 2.18. The van der Waals surface area contributed by atoms with Gasteiger partial charge < -0.3 is 9.80 Å². The van der Waals surface area contributed by atoms with Crippen LogP contribution in [0.3, 0.4) is 0 Å². The van der Waals surface area contributed by atoms with Crippen LogP contribution < -0.4 is 10.5 Å². The summed E-state index contributed by atoms with van der Waals surface area (Å²) in [5, 5.41) is 4.31. The summed E-state index contributed by atoms with van der Waals surface area (Å²) in [5.74, 6) is -0.145. The molecule has 0 spiro atoms. The van der Waals surface area contributed by atoms with Crippen LogP contribution >= 0.6 is 0 Å². The second kappa shape index (κ2) is 7.68. The number of aryl methyl sites for hydroxylation is 1. The first kappa shape index (κ1) is 18.0. The van der Waals surface area contributed by atoms with E-state index in [4.69, 9.17) is 0 Å². The van der Waals surface area contributed by atoms with Gasteiger partial charge >= 0.3 is 0 Å². The summed E-state index contributed by atoms with van der Waals surface area (Å²) >= 11 is 0. The molecule has 1 saturated heterocycles. The molecule has 142 valence electrons. The van der Waals surface area contributed by atoms with Gasteiger partial charge in [0.25, 0.3) is 11.5 Å². The molecule has 0 radical (unpaired) electrons. The molecule has 0 atom stereocenters. The minimum atomic E-state index is -0.257. The topological polar surface area (TPSA) is 58.4 Å². The molecule has 0 unspecified atom stereocenters. The maximum absolute atomic E-state index is 12.9. The van der Waals surface area contributed by atoms with Gasteiger partial charge in [0.1, 0.15) is 5.69 Å². The summed E-state index contributed by atoms with van der Waals surface area (Å²) in [4.78, 5) is 29.2. The summed E-state index contributed by atoms with van der Waals surface area (Å²) in [6.07, 6.45) is 0. The van der Waals surface area contributed by atoms with Crippen LogP contribution in [0.4, 0.5) is 5.69 Å². The number of hydrogen-bond donors (Lipinski definition) is 0. The van der Waals surface area contributed by atoms with Gasteiger partial charge in [-0.15, -0.1) is 0 Å². The highest BCUT2D eigenvalue weighted by Gasteiger charge is 2.24. The molecule has 1 aliphatic heterocycles. The molecule has 1 amide bonds. The Hall–Kier alpha value is -3.41. The van der Waals surface area contributed by atoms with Crippen LogP contribution in [-0.2, 0) is 0 Å². The number of carbonyl (C=O) groups is 1. The van der Waals surface area contributed by atoms with Crippen LogP contribution in [0.5, 0.6) is 0 Å². The Morgan fingerprint density at radius 3 is 2.29 bits per heavy atom. The van der Waals surface area contributed by atoms with Crippen molar-refractivity contribution in [1.82, 2.24) is 14.7 Å². The van der Waals surface area contributed by atoms with Crippen molar-refractivity contribution in [3.63, 3.8) is 0 Å². The minimum absolute atomic E-state index is 0.145. The van der Waals surface area contributed by atoms with E-state index in [1.54, 1.807) is 17.0 Å². The van der Waals surface area contributed by atoms with Crippen molar-refractivity contribution >= 4 is 11.6 Å². The average molecular weight is 374 g/mol. The van der Waals surface area contributed by atoms with E-state index in [9.17, 15) is 9.59 Å². The number of nitrogens with zero attached hydrogens (tertiary/aromatic N) is 4. The zero-order chi connectivity index (χ0) is 19.5. The van der Waals surface area contributed by atoms with Gasteiger partial charge in [0.15, 0.2) is 0 Å². The fourth-order valence-electron chi connectivity index (χ4n) is 3.43. The van der Waals surface area contributed by atoms with Gasteiger partial charge in [-0.05, 0) is 42.8 Å². The van der Waals surface area contributed by atoms with Crippen LogP contribution in [0.1, 0.15) is 16.1 Å². The Bertz CT molecular complexity index is 1040. The van der Waals surface area contributed by atoms with Gasteiger partial charge in [-0.25, -0.2) is 0 Å². The molecule has 2 heterocycles. The lowest BCUT2D eigenvalue weighted by Crippen LogP contribution is -2.49. The van der Waals surface area contributed by atoms with E-state index >= 15 is 0 Å². The molecule has 0 aliphatic carbocycles. The average Bonchev–Trinajstić information content (AvgIpc) is 2.74. The van der Waals surface area contributed by atoms with Crippen molar-refractivity contribution in [2.75, 3.05) is 31.1 Å². The summed E-state index contributed by atoms with van der Waals surface area (Å²) < 4.78 is 1.27. The molecule has 6 heteroatoms. The highest BCUT2D eigenvalue weighted by atomic mass is 16.2. The van der Waals surface area contributed by atoms with E-state index in [0.717, 1.165) is 13.1 Å². The van der Waals surface area contributed by atoms with Gasteiger partial charge in [-0.2, -0.15) is 9.78 Å². The van der Waals surface area contributed by atoms with Crippen molar-refractivity contribution < 1.29 is 4.79 Å². The number of carbonyl (C=O) groups excluding carboxylic acids is 1. The molecule has 6 nitrogen and oxygen atoms in total. The third-order valence-electron chi connectivity index (χ3n) is 4.95. The van der Waals surface area contributed by atoms with Gasteiger partial charge in [-0.1, -0.05) is 30.3 Å². The number of piperazine rings is 1. The normalized spacial score (nSPS) is 14.2. The molecule has 1 aliphatic rings. The number of anilines is 1. The summed E-state index contributed by atoms with van der Waals surface area (Å²) in [5.41, 5.74) is 3.08. The SMILES string of the molecule is Cc1cccc(N2CCN(C(=O)c3ccc(=O)n(-c4ccccc4)n3)CC2)c1. The van der Waals surface area contributed by atoms with E-state index in [0.29, 0.717) is 18.8 Å². The Morgan fingerprint density at radius 1 is 0.857 bits per heavy atom. The molecule has 1 aromatic heterocycles. The molecule has 2 aromatic carbocycles. The Balaban J connectivity index is 1.49. The molecule has 3 aromatic rings. The van der Waals surface area contributed by atoms with Crippen molar-refractivity contribution in [3.05, 3.63) is 88.3 Å². The van der Waals surface area contributed by atoms with Crippen LogP contribution in [0, 0.1) is 6.92 Å². The third-order valence-corrected chi connectivity index (χ3v) is 4.95. The van der Waals surface area contributed by atoms with Gasteiger partial charge in [0.05, 0.1) is 5.69 Å². The Morgan fingerprint density at radius 2 is 1.57 bits per heavy atom. The maximum Gasteiger partial charge on any atom is 0.274 e. The van der Waals surface area contributed by atoms with Crippen LogP contribution in [0.25, 0.3) is 5.69 Å². The van der Waals surface area contributed by atoms with E-state index in [-0.39, 0.29) is 17.2 Å². The lowest BCUT2D eigenvalue weighted by molar-refractivity contribution is 0.0738. The van der Waals surface area contributed by atoms with Crippen molar-refractivity contribution in [1.29, 1.82) is 0 Å². The lowest BCUT2D eigenvalue weighted by atomic mass is 10.2. The van der Waals surface area contributed by atoms with Gasteiger partial charge in [0.2, 0.25) is 0 Å². The molecular weight excluding hydrogens is 352 g/mol. The van der Waals surface area contributed by atoms with Gasteiger partial charge in [0, 0.05) is 37.9 Å². The minimum Gasteiger partial charge on any atom is -0.368 e. The molecule has 28 heavy (non-hydrogen) atoms. The summed E-state index contributed by atoms with van der Waals surface area (Å²) in [6, 6.07) is 20.4. The smallest absolute Gasteiger partial charge is 0.274 e. The van der Waals surface area contributed by atoms with Crippen molar-refractivity contribution in [2.45, 2.75) is 6.92 Å². The summed E-state index contributed by atoms with van der Waals surface area (Å²) in [6.45, 7) is 4.87. The quantitative estimate of drug-likeness (QED) is 0.707. The standard InChI is InChI=1S/C22H22N4O2/c1-17-6-5-9-19(16-17)24-12-14-25(15-13-24)22(28)20-10-11-21(27)26(23-20)18-7-3-2-4-8-18/h2-11,16H,12-15H2,1H3. The number of rotatable bonds is 3. The lowest BCUT2D eigenvalue weighted by Gasteiger charge is -2.36. The molecule has 0 bridgehead atoms. The molecule has 0 saturated carbocycles. The fraction of sp³-hybridized carbons (Fsp3) is 0.227. The molecule has 1 fully saturated rings. The van der Waals surface area contributed by atoms with E-state index in [1.807, 2.05) is 18.2 Å². The number of amides is 1. The second-order valence-electron chi connectivity index (χ2n) is 6.92. The first-order chi connectivity index (χ1) is 13.6. The fourth-order valence-corrected chi connectivity index (χ4v) is 3.43. The zero-order valence-electron chi connectivity index (χ0n) is 15.8. The number of benzene rings is 2. The van der Waals surface area contributed by atoms with E-state index in [2.05, 4.69) is 41.2 Å². The van der Waals surface area contributed by atoms with E-state index in [1.165, 1.54) is 28.1 Å². The highest BCUT2D eigenvalue weighted by molar-refractivity contribution is 5.92. The Kier molecular flexibility index (Phi) is 4.93. The van der Waals surface area contributed by atoms with Crippen molar-refractivity contribution in [2.24, 2.45) is 0 Å².